The molecule has 40 heavy (non-hydrogen) atoms. The lowest BCUT2D eigenvalue weighted by atomic mass is 10.0. The first-order chi connectivity index (χ1) is 18.7. The van der Waals surface area contributed by atoms with Gasteiger partial charge in [0.1, 0.15) is 18.4 Å². The van der Waals surface area contributed by atoms with Gasteiger partial charge in [0.05, 0.1) is 15.6 Å². The zero-order valence-electron chi connectivity index (χ0n) is 23.3. The second kappa shape index (κ2) is 12.8. The minimum Gasteiger partial charge on any atom is -0.350 e. The fraction of sp³-hybridized carbons (Fsp3) is 0.333. The second-order valence-electron chi connectivity index (χ2n) is 10.6. The SMILES string of the molecule is CC[C@@H](C(=O)NC(C)(C)C)N(Cc1cccc(C)c1)C(=O)CN(c1ccc(F)c(Cl)c1)S(=O)(=O)c1ccccc1. The molecule has 214 valence electrons. The molecule has 0 aliphatic rings. The van der Waals surface area contributed by atoms with E-state index in [2.05, 4.69) is 5.32 Å². The van der Waals surface area contributed by atoms with Crippen LogP contribution in [0.5, 0.6) is 0 Å². The molecule has 0 heterocycles. The summed E-state index contributed by atoms with van der Waals surface area (Å²) in [6.45, 7) is 8.70. The van der Waals surface area contributed by atoms with E-state index in [-0.39, 0.29) is 28.1 Å². The molecule has 1 atom stereocenters. The highest BCUT2D eigenvalue weighted by molar-refractivity contribution is 7.92. The Morgan fingerprint density at radius 1 is 1.00 bits per heavy atom. The van der Waals surface area contributed by atoms with Gasteiger partial charge in [0.25, 0.3) is 10.0 Å². The number of aryl methyl sites for hydroxylation is 1. The minimum atomic E-state index is -4.27. The van der Waals surface area contributed by atoms with Gasteiger partial charge in [-0.15, -0.1) is 0 Å². The Hall–Kier alpha value is -3.43. The smallest absolute Gasteiger partial charge is 0.264 e. The molecular weight excluding hydrogens is 553 g/mol. The Morgan fingerprint density at radius 2 is 1.68 bits per heavy atom. The van der Waals surface area contributed by atoms with Gasteiger partial charge in [0.15, 0.2) is 0 Å². The molecular formula is C30H35ClFN3O4S. The van der Waals surface area contributed by atoms with E-state index in [0.29, 0.717) is 6.42 Å². The average Bonchev–Trinajstić information content (AvgIpc) is 2.88. The Balaban J connectivity index is 2.09. The fourth-order valence-electron chi connectivity index (χ4n) is 4.27. The summed E-state index contributed by atoms with van der Waals surface area (Å²) in [6, 6.07) is 17.8. The molecule has 0 radical (unpaired) electrons. The fourth-order valence-corrected chi connectivity index (χ4v) is 5.87. The van der Waals surface area contributed by atoms with Crippen LogP contribution in [-0.2, 0) is 26.2 Å². The summed E-state index contributed by atoms with van der Waals surface area (Å²) in [4.78, 5) is 28.7. The minimum absolute atomic E-state index is 0.0197. The summed E-state index contributed by atoms with van der Waals surface area (Å²) in [5, 5.41) is 2.65. The number of hydrogen-bond donors (Lipinski definition) is 1. The molecule has 0 spiro atoms. The van der Waals surface area contributed by atoms with Gasteiger partial charge < -0.3 is 10.2 Å². The number of hydrogen-bond acceptors (Lipinski definition) is 4. The first-order valence-corrected chi connectivity index (χ1v) is 14.7. The first kappa shape index (κ1) is 31.1. The number of halogens is 2. The maximum Gasteiger partial charge on any atom is 0.264 e. The molecule has 2 amide bonds. The summed E-state index contributed by atoms with van der Waals surface area (Å²) >= 11 is 6.01. The Morgan fingerprint density at radius 3 is 2.25 bits per heavy atom. The predicted molar refractivity (Wildman–Crippen MR) is 156 cm³/mol. The number of carbonyl (C=O) groups excluding carboxylic acids is 2. The molecule has 0 aromatic heterocycles. The molecule has 0 aliphatic heterocycles. The molecule has 0 fully saturated rings. The average molecular weight is 588 g/mol. The van der Waals surface area contributed by atoms with E-state index in [4.69, 9.17) is 11.6 Å². The predicted octanol–water partition coefficient (Wildman–Crippen LogP) is 5.70. The van der Waals surface area contributed by atoms with Crippen molar-refractivity contribution in [2.75, 3.05) is 10.8 Å². The topological polar surface area (TPSA) is 86.8 Å². The van der Waals surface area contributed by atoms with Crippen LogP contribution in [0, 0.1) is 12.7 Å². The maximum absolute atomic E-state index is 14.0. The van der Waals surface area contributed by atoms with E-state index >= 15 is 0 Å². The lowest BCUT2D eigenvalue weighted by molar-refractivity contribution is -0.141. The highest BCUT2D eigenvalue weighted by Gasteiger charge is 2.34. The zero-order chi connectivity index (χ0) is 29.7. The lowest BCUT2D eigenvalue weighted by Gasteiger charge is -2.35. The van der Waals surface area contributed by atoms with E-state index in [9.17, 15) is 22.4 Å². The van der Waals surface area contributed by atoms with Gasteiger partial charge in [-0.3, -0.25) is 13.9 Å². The Labute approximate surface area is 241 Å². The molecule has 3 aromatic carbocycles. The second-order valence-corrected chi connectivity index (χ2v) is 12.9. The number of rotatable bonds is 10. The molecule has 10 heteroatoms. The zero-order valence-corrected chi connectivity index (χ0v) is 24.9. The van der Waals surface area contributed by atoms with Crippen molar-refractivity contribution < 1.29 is 22.4 Å². The number of nitrogens with one attached hydrogen (secondary N) is 1. The quantitative estimate of drug-likeness (QED) is 0.329. The van der Waals surface area contributed by atoms with Crippen LogP contribution < -0.4 is 9.62 Å². The Kier molecular flexibility index (Phi) is 9.97. The van der Waals surface area contributed by atoms with Crippen molar-refractivity contribution in [1.82, 2.24) is 10.2 Å². The van der Waals surface area contributed by atoms with Crippen LogP contribution in [-0.4, -0.2) is 43.3 Å². The Bertz CT molecular complexity index is 1460. The third-order valence-electron chi connectivity index (χ3n) is 6.12. The van der Waals surface area contributed by atoms with Gasteiger partial charge in [-0.05, 0) is 70.0 Å². The number of anilines is 1. The van der Waals surface area contributed by atoms with E-state index in [1.54, 1.807) is 25.1 Å². The summed E-state index contributed by atoms with van der Waals surface area (Å²) in [7, 11) is -4.27. The highest BCUT2D eigenvalue weighted by Crippen LogP contribution is 2.28. The van der Waals surface area contributed by atoms with Gasteiger partial charge in [-0.2, -0.15) is 0 Å². The van der Waals surface area contributed by atoms with Gasteiger partial charge >= 0.3 is 0 Å². The molecule has 0 unspecified atom stereocenters. The molecule has 0 saturated heterocycles. The number of carbonyl (C=O) groups is 2. The molecule has 0 bridgehead atoms. The highest BCUT2D eigenvalue weighted by atomic mass is 35.5. The summed E-state index contributed by atoms with van der Waals surface area (Å²) < 4.78 is 42.5. The van der Waals surface area contributed by atoms with Crippen molar-refractivity contribution in [2.24, 2.45) is 0 Å². The normalized spacial score (nSPS) is 12.5. The number of nitrogens with zero attached hydrogens (tertiary/aromatic N) is 2. The van der Waals surface area contributed by atoms with Crippen molar-refractivity contribution in [3.05, 3.63) is 94.8 Å². The molecule has 3 rings (SSSR count). The van der Waals surface area contributed by atoms with Gasteiger partial charge in [0.2, 0.25) is 11.8 Å². The number of sulfonamides is 1. The van der Waals surface area contributed by atoms with Crippen LogP contribution in [0.25, 0.3) is 0 Å². The standard InChI is InChI=1S/C30H35ClFN3O4S/c1-6-27(29(37)33-30(3,4)5)34(19-22-12-10-11-21(2)17-22)28(36)20-35(23-15-16-26(32)25(31)18-23)40(38,39)24-13-8-7-9-14-24/h7-18,27H,6,19-20H2,1-5H3,(H,33,37)/t27-/m0/s1. The molecule has 0 saturated carbocycles. The van der Waals surface area contributed by atoms with E-state index in [1.807, 2.05) is 52.0 Å². The van der Waals surface area contributed by atoms with Crippen LogP contribution in [0.15, 0.2) is 77.7 Å². The first-order valence-electron chi connectivity index (χ1n) is 12.9. The molecule has 0 aliphatic carbocycles. The lowest BCUT2D eigenvalue weighted by Crippen LogP contribution is -2.55. The van der Waals surface area contributed by atoms with Crippen molar-refractivity contribution in [3.8, 4) is 0 Å². The number of benzene rings is 3. The van der Waals surface area contributed by atoms with Crippen molar-refractivity contribution in [2.45, 2.75) is 64.1 Å². The van der Waals surface area contributed by atoms with E-state index in [0.717, 1.165) is 21.5 Å². The van der Waals surface area contributed by atoms with E-state index in [1.165, 1.54) is 29.2 Å². The van der Waals surface area contributed by atoms with Crippen LogP contribution in [0.2, 0.25) is 5.02 Å². The maximum atomic E-state index is 14.0. The van der Waals surface area contributed by atoms with Gasteiger partial charge in [-0.25, -0.2) is 12.8 Å². The van der Waals surface area contributed by atoms with E-state index < -0.39 is 39.9 Å². The van der Waals surface area contributed by atoms with Crippen LogP contribution in [0.4, 0.5) is 10.1 Å². The molecule has 1 N–H and O–H groups in total. The van der Waals surface area contributed by atoms with Crippen molar-refractivity contribution in [3.63, 3.8) is 0 Å². The summed E-state index contributed by atoms with van der Waals surface area (Å²) in [5.41, 5.74) is 1.24. The van der Waals surface area contributed by atoms with Crippen LogP contribution >= 0.6 is 11.6 Å². The molecule has 7 nitrogen and oxygen atoms in total. The van der Waals surface area contributed by atoms with Crippen LogP contribution in [0.3, 0.4) is 0 Å². The van der Waals surface area contributed by atoms with Gasteiger partial charge in [-0.1, -0.05) is 66.6 Å². The summed E-state index contributed by atoms with van der Waals surface area (Å²) in [6.07, 6.45) is 0.299. The van der Waals surface area contributed by atoms with Crippen molar-refractivity contribution in [1.29, 1.82) is 0 Å². The molecule has 3 aromatic rings. The van der Waals surface area contributed by atoms with Crippen LogP contribution in [0.1, 0.15) is 45.2 Å². The third kappa shape index (κ3) is 7.82. The van der Waals surface area contributed by atoms with Crippen molar-refractivity contribution >= 4 is 39.1 Å². The third-order valence-corrected chi connectivity index (χ3v) is 8.20. The largest absolute Gasteiger partial charge is 0.350 e. The van der Waals surface area contributed by atoms with Gasteiger partial charge in [0, 0.05) is 12.1 Å². The number of amides is 2. The summed E-state index contributed by atoms with van der Waals surface area (Å²) in [5.74, 6) is -1.67. The monoisotopic (exact) mass is 587 g/mol.